The summed E-state index contributed by atoms with van der Waals surface area (Å²) in [5.74, 6) is 0.0504. The van der Waals surface area contributed by atoms with E-state index in [-0.39, 0.29) is 5.91 Å². The molecule has 1 aliphatic rings. The summed E-state index contributed by atoms with van der Waals surface area (Å²) in [6.07, 6.45) is 0.513. The lowest BCUT2D eigenvalue weighted by molar-refractivity contribution is -0.115. The molecule has 80 valence electrons. The summed E-state index contributed by atoms with van der Waals surface area (Å²) in [6, 6.07) is 5.58. The van der Waals surface area contributed by atoms with Crippen LogP contribution in [0.3, 0.4) is 0 Å². The second kappa shape index (κ2) is 4.11. The fraction of sp³-hybridized carbons (Fsp3) is 0.364. The number of nitrogens with zero attached hydrogens (tertiary/aromatic N) is 1. The molecule has 15 heavy (non-hydrogen) atoms. The molecule has 0 saturated heterocycles. The largest absolute Gasteiger partial charge is 0.368 e. The van der Waals surface area contributed by atoms with Crippen LogP contribution in [0.1, 0.15) is 13.3 Å². The lowest BCUT2D eigenvalue weighted by atomic mass is 10.2. The van der Waals surface area contributed by atoms with Crippen LogP contribution in [-0.4, -0.2) is 19.0 Å². The Bertz CT molecular complexity index is 392. The molecule has 1 amide bonds. The van der Waals surface area contributed by atoms with Crippen LogP contribution in [0.5, 0.6) is 0 Å². The number of rotatable bonds is 1. The molecule has 0 atom stereocenters. The molecule has 0 aromatic heterocycles. The van der Waals surface area contributed by atoms with Gasteiger partial charge in [-0.2, -0.15) is 0 Å². The monoisotopic (exact) mass is 224 g/mol. The maximum absolute atomic E-state index is 11.4. The van der Waals surface area contributed by atoms with Crippen LogP contribution < -0.4 is 10.2 Å². The van der Waals surface area contributed by atoms with E-state index in [2.05, 4.69) is 17.1 Å². The Morgan fingerprint density at radius 1 is 1.53 bits per heavy atom. The van der Waals surface area contributed by atoms with E-state index < -0.39 is 0 Å². The number of para-hydroxylation sites is 1. The van der Waals surface area contributed by atoms with Crippen LogP contribution in [0.4, 0.5) is 11.4 Å². The molecule has 0 fully saturated rings. The van der Waals surface area contributed by atoms with Gasteiger partial charge in [0.1, 0.15) is 0 Å². The molecule has 1 aromatic rings. The molecule has 0 saturated carbocycles. The Balaban J connectivity index is 2.50. The van der Waals surface area contributed by atoms with Gasteiger partial charge in [0.25, 0.3) is 0 Å². The fourth-order valence-corrected chi connectivity index (χ4v) is 2.11. The van der Waals surface area contributed by atoms with Crippen LogP contribution >= 0.6 is 11.6 Å². The minimum absolute atomic E-state index is 0.0504. The van der Waals surface area contributed by atoms with Gasteiger partial charge in [0.2, 0.25) is 5.91 Å². The highest BCUT2D eigenvalue weighted by molar-refractivity contribution is 6.34. The average Bonchev–Trinajstić information content (AvgIpc) is 2.37. The maximum Gasteiger partial charge on any atom is 0.226 e. The smallest absolute Gasteiger partial charge is 0.226 e. The summed E-state index contributed by atoms with van der Waals surface area (Å²) in [6.45, 7) is 3.63. The van der Waals surface area contributed by atoms with Gasteiger partial charge in [0, 0.05) is 19.5 Å². The molecule has 4 heteroatoms. The van der Waals surface area contributed by atoms with Gasteiger partial charge in [-0.1, -0.05) is 17.7 Å². The zero-order chi connectivity index (χ0) is 10.8. The highest BCUT2D eigenvalue weighted by atomic mass is 35.5. The second-order valence-corrected chi connectivity index (χ2v) is 3.92. The molecule has 0 radical (unpaired) electrons. The van der Waals surface area contributed by atoms with Crippen molar-refractivity contribution in [3.8, 4) is 0 Å². The summed E-state index contributed by atoms with van der Waals surface area (Å²) >= 11 is 6.14. The minimum atomic E-state index is 0.0504. The molecule has 1 aliphatic heterocycles. The molecule has 0 bridgehead atoms. The number of halogens is 1. The number of carbonyl (C=O) groups is 1. The van der Waals surface area contributed by atoms with Gasteiger partial charge in [0.15, 0.2) is 0 Å². The second-order valence-electron chi connectivity index (χ2n) is 3.51. The third-order valence-electron chi connectivity index (χ3n) is 2.57. The maximum atomic E-state index is 11.4. The van der Waals surface area contributed by atoms with E-state index in [9.17, 15) is 4.79 Å². The zero-order valence-electron chi connectivity index (χ0n) is 8.59. The van der Waals surface area contributed by atoms with E-state index in [4.69, 9.17) is 11.6 Å². The molecular formula is C11H13ClN2O. The zero-order valence-corrected chi connectivity index (χ0v) is 9.34. The first-order valence-corrected chi connectivity index (χ1v) is 5.43. The number of fused-ring (bicyclic) bond motifs is 1. The Labute approximate surface area is 94.0 Å². The number of nitrogens with one attached hydrogen (secondary N) is 1. The normalized spacial score (nSPS) is 15.6. The Morgan fingerprint density at radius 3 is 3.07 bits per heavy atom. The summed E-state index contributed by atoms with van der Waals surface area (Å²) in [7, 11) is 0. The van der Waals surface area contributed by atoms with Gasteiger partial charge in [-0.05, 0) is 19.1 Å². The Hall–Kier alpha value is -1.22. The predicted octanol–water partition coefficient (Wildman–Crippen LogP) is 2.51. The van der Waals surface area contributed by atoms with Crippen molar-refractivity contribution in [1.82, 2.24) is 0 Å². The van der Waals surface area contributed by atoms with E-state index in [0.29, 0.717) is 11.4 Å². The quantitative estimate of drug-likeness (QED) is 0.795. The van der Waals surface area contributed by atoms with Gasteiger partial charge in [-0.15, -0.1) is 0 Å². The van der Waals surface area contributed by atoms with Gasteiger partial charge >= 0.3 is 0 Å². The molecule has 0 unspecified atom stereocenters. The van der Waals surface area contributed by atoms with E-state index in [1.807, 2.05) is 18.2 Å². The highest BCUT2D eigenvalue weighted by Gasteiger charge is 2.19. The summed E-state index contributed by atoms with van der Waals surface area (Å²) < 4.78 is 0. The van der Waals surface area contributed by atoms with Crippen molar-refractivity contribution in [2.75, 3.05) is 23.3 Å². The average molecular weight is 225 g/mol. The van der Waals surface area contributed by atoms with Crippen molar-refractivity contribution in [2.24, 2.45) is 0 Å². The van der Waals surface area contributed by atoms with Gasteiger partial charge in [-0.3, -0.25) is 4.79 Å². The van der Waals surface area contributed by atoms with Crippen molar-refractivity contribution in [3.63, 3.8) is 0 Å². The van der Waals surface area contributed by atoms with Crippen LogP contribution in [0.15, 0.2) is 18.2 Å². The molecule has 0 aliphatic carbocycles. The van der Waals surface area contributed by atoms with Crippen LogP contribution in [-0.2, 0) is 4.79 Å². The highest BCUT2D eigenvalue weighted by Crippen LogP contribution is 2.35. The van der Waals surface area contributed by atoms with Crippen molar-refractivity contribution in [2.45, 2.75) is 13.3 Å². The minimum Gasteiger partial charge on any atom is -0.368 e. The van der Waals surface area contributed by atoms with Crippen LogP contribution in [0, 0.1) is 0 Å². The topological polar surface area (TPSA) is 32.3 Å². The number of benzene rings is 1. The fourth-order valence-electron chi connectivity index (χ4n) is 1.81. The van der Waals surface area contributed by atoms with Crippen molar-refractivity contribution < 1.29 is 4.79 Å². The SMILES string of the molecule is CCN1CCC(=O)Nc2cccc(Cl)c21. The Morgan fingerprint density at radius 2 is 2.33 bits per heavy atom. The summed E-state index contributed by atoms with van der Waals surface area (Å²) in [5, 5.41) is 3.55. The molecule has 2 rings (SSSR count). The molecule has 1 aromatic carbocycles. The lowest BCUT2D eigenvalue weighted by Gasteiger charge is -2.23. The van der Waals surface area contributed by atoms with E-state index in [1.165, 1.54) is 0 Å². The third-order valence-corrected chi connectivity index (χ3v) is 2.87. The summed E-state index contributed by atoms with van der Waals surface area (Å²) in [5.41, 5.74) is 1.75. The first kappa shape index (κ1) is 10.3. The van der Waals surface area contributed by atoms with Crippen molar-refractivity contribution in [3.05, 3.63) is 23.2 Å². The van der Waals surface area contributed by atoms with Crippen LogP contribution in [0.25, 0.3) is 0 Å². The van der Waals surface area contributed by atoms with Crippen LogP contribution in [0.2, 0.25) is 5.02 Å². The molecular weight excluding hydrogens is 212 g/mol. The number of carbonyl (C=O) groups excluding carboxylic acids is 1. The van der Waals surface area contributed by atoms with E-state index in [1.54, 1.807) is 0 Å². The Kier molecular flexibility index (Phi) is 2.82. The molecule has 3 nitrogen and oxygen atoms in total. The number of hydrogen-bond donors (Lipinski definition) is 1. The van der Waals surface area contributed by atoms with Crippen molar-refractivity contribution in [1.29, 1.82) is 0 Å². The summed E-state index contributed by atoms with van der Waals surface area (Å²) in [4.78, 5) is 13.6. The van der Waals surface area contributed by atoms with Gasteiger partial charge in [-0.25, -0.2) is 0 Å². The molecule has 1 heterocycles. The third kappa shape index (κ3) is 1.92. The number of anilines is 2. The number of hydrogen-bond acceptors (Lipinski definition) is 2. The van der Waals surface area contributed by atoms with Crippen molar-refractivity contribution >= 4 is 28.9 Å². The van der Waals surface area contributed by atoms with Gasteiger partial charge < -0.3 is 10.2 Å². The van der Waals surface area contributed by atoms with Gasteiger partial charge in [0.05, 0.1) is 16.4 Å². The number of amides is 1. The molecule has 0 spiro atoms. The standard InChI is InChI=1S/C11H13ClN2O/c1-2-14-7-6-10(15)13-9-5-3-4-8(12)11(9)14/h3-5H,2,6-7H2,1H3,(H,13,15). The van der Waals surface area contributed by atoms with E-state index in [0.717, 1.165) is 24.5 Å². The predicted molar refractivity (Wildman–Crippen MR) is 62.6 cm³/mol. The first-order chi connectivity index (χ1) is 7.22. The molecule has 1 N–H and O–H groups in total. The lowest BCUT2D eigenvalue weighted by Crippen LogP contribution is -2.24. The van der Waals surface area contributed by atoms with E-state index >= 15 is 0 Å². The first-order valence-electron chi connectivity index (χ1n) is 5.05.